The van der Waals surface area contributed by atoms with E-state index >= 15 is 0 Å². The van der Waals surface area contributed by atoms with Crippen LogP contribution >= 0.6 is 11.8 Å². The number of hydrogen-bond donors (Lipinski definition) is 4. The number of fused-ring (bicyclic) bond motifs is 1. The Bertz CT molecular complexity index is 502. The lowest BCUT2D eigenvalue weighted by Gasteiger charge is -2.23. The van der Waals surface area contributed by atoms with Gasteiger partial charge in [-0.05, 0) is 19.3 Å². The first-order chi connectivity index (χ1) is 11.4. The average Bonchev–Trinajstić information content (AvgIpc) is 3.08. The number of carbonyl (C=O) groups excluding carboxylic acids is 2. The van der Waals surface area contributed by atoms with Crippen LogP contribution in [0.25, 0.3) is 0 Å². The molecule has 2 fully saturated rings. The lowest BCUT2D eigenvalue weighted by Crippen LogP contribution is -2.54. The maximum atomic E-state index is 12.3. The van der Waals surface area contributed by atoms with Crippen molar-refractivity contribution in [2.24, 2.45) is 5.73 Å². The molecule has 7 nitrogen and oxygen atoms in total. The Hall–Kier alpha value is -1.28. The number of rotatable bonds is 10. The third-order valence-corrected chi connectivity index (χ3v) is 6.39. The van der Waals surface area contributed by atoms with Gasteiger partial charge in [-0.2, -0.15) is 11.8 Å². The number of carboxylic acid groups (broad SMARTS) is 1. The highest BCUT2D eigenvalue weighted by molar-refractivity contribution is 8.00. The van der Waals surface area contributed by atoms with Gasteiger partial charge in [0.25, 0.3) is 0 Å². The third kappa shape index (κ3) is 4.22. The van der Waals surface area contributed by atoms with E-state index in [1.165, 1.54) is 0 Å². The number of nitrogens with one attached hydrogen (secondary N) is 2. The Balaban J connectivity index is 1.74. The van der Waals surface area contributed by atoms with Gasteiger partial charge in [-0.15, -0.1) is 0 Å². The summed E-state index contributed by atoms with van der Waals surface area (Å²) in [6.07, 6.45) is 4.18. The van der Waals surface area contributed by atoms with Crippen LogP contribution in [0.3, 0.4) is 0 Å². The fourth-order valence-electron chi connectivity index (χ4n) is 3.32. The Kier molecular flexibility index (Phi) is 6.51. The number of Topliss-reactive ketones (excluding diaryl/α,β-unsaturated/α-hetero) is 1. The smallest absolute Gasteiger partial charge is 0.331 e. The van der Waals surface area contributed by atoms with Crippen molar-refractivity contribution in [3.05, 3.63) is 0 Å². The van der Waals surface area contributed by atoms with Crippen LogP contribution in [-0.4, -0.2) is 51.5 Å². The molecule has 2 rings (SSSR count). The highest BCUT2D eigenvalue weighted by atomic mass is 32.2. The van der Waals surface area contributed by atoms with E-state index in [0.717, 1.165) is 25.0 Å². The van der Waals surface area contributed by atoms with Crippen molar-refractivity contribution in [1.29, 1.82) is 0 Å². The minimum Gasteiger partial charge on any atom is -0.480 e. The molecular weight excluding hydrogens is 330 g/mol. The molecule has 0 aromatic rings. The molecule has 136 valence electrons. The summed E-state index contributed by atoms with van der Waals surface area (Å²) in [7, 11) is 0. The zero-order valence-electron chi connectivity index (χ0n) is 14.0. The summed E-state index contributed by atoms with van der Waals surface area (Å²) in [6.45, 7) is 1.94. The van der Waals surface area contributed by atoms with Crippen LogP contribution in [0.15, 0.2) is 0 Å². The molecule has 5 N–H and O–H groups in total. The van der Waals surface area contributed by atoms with E-state index in [1.54, 1.807) is 0 Å². The molecule has 0 radical (unpaired) electrons. The van der Waals surface area contributed by atoms with E-state index in [2.05, 4.69) is 10.6 Å². The van der Waals surface area contributed by atoms with E-state index < -0.39 is 11.5 Å². The summed E-state index contributed by atoms with van der Waals surface area (Å²) in [5.41, 5.74) is 4.11. The Morgan fingerprint density at radius 3 is 2.75 bits per heavy atom. The van der Waals surface area contributed by atoms with Crippen LogP contribution in [-0.2, 0) is 9.59 Å². The van der Waals surface area contributed by atoms with Crippen molar-refractivity contribution in [2.45, 2.75) is 74.7 Å². The number of amides is 2. The zero-order chi connectivity index (χ0) is 17.7. The summed E-state index contributed by atoms with van der Waals surface area (Å²) in [4.78, 5) is 35.0. The monoisotopic (exact) mass is 357 g/mol. The molecule has 2 saturated heterocycles. The number of aliphatic carboxylic acids is 1. The molecule has 0 spiro atoms. The van der Waals surface area contributed by atoms with Crippen molar-refractivity contribution in [2.75, 3.05) is 5.75 Å². The minimum atomic E-state index is -1.74. The molecule has 8 heteroatoms. The maximum Gasteiger partial charge on any atom is 0.331 e. The molecule has 0 aliphatic carbocycles. The van der Waals surface area contributed by atoms with E-state index in [9.17, 15) is 19.5 Å². The number of ketones is 1. The molecule has 2 aliphatic heterocycles. The van der Waals surface area contributed by atoms with Crippen molar-refractivity contribution >= 4 is 29.5 Å². The summed E-state index contributed by atoms with van der Waals surface area (Å²) in [6, 6.07) is 0.262. The third-order valence-electron chi connectivity index (χ3n) is 4.88. The van der Waals surface area contributed by atoms with Crippen LogP contribution in [0.2, 0.25) is 0 Å². The van der Waals surface area contributed by atoms with Crippen molar-refractivity contribution in [3.8, 4) is 0 Å². The van der Waals surface area contributed by atoms with Crippen LogP contribution in [0.1, 0.15) is 51.9 Å². The zero-order valence-corrected chi connectivity index (χ0v) is 14.9. The molecular formula is C16H27N3O4S. The Morgan fingerprint density at radius 2 is 2.08 bits per heavy atom. The predicted molar refractivity (Wildman–Crippen MR) is 93.0 cm³/mol. The average molecular weight is 357 g/mol. The Labute approximate surface area is 146 Å². The maximum absolute atomic E-state index is 12.3. The molecule has 0 aromatic carbocycles. The largest absolute Gasteiger partial charge is 0.480 e. The lowest BCUT2D eigenvalue weighted by molar-refractivity contribution is -0.148. The quantitative estimate of drug-likeness (QED) is 0.265. The van der Waals surface area contributed by atoms with Gasteiger partial charge in [0.2, 0.25) is 0 Å². The number of hydrogen-bond acceptors (Lipinski definition) is 5. The van der Waals surface area contributed by atoms with Crippen molar-refractivity contribution in [3.63, 3.8) is 0 Å². The normalized spacial score (nSPS) is 27.9. The van der Waals surface area contributed by atoms with E-state index in [-0.39, 0.29) is 36.7 Å². The van der Waals surface area contributed by atoms with Gasteiger partial charge in [0, 0.05) is 17.4 Å². The van der Waals surface area contributed by atoms with E-state index in [1.807, 2.05) is 18.7 Å². The molecule has 24 heavy (non-hydrogen) atoms. The summed E-state index contributed by atoms with van der Waals surface area (Å²) < 4.78 is 0. The van der Waals surface area contributed by atoms with Gasteiger partial charge in [0.15, 0.2) is 11.3 Å². The van der Waals surface area contributed by atoms with Crippen LogP contribution in [0.4, 0.5) is 4.79 Å². The molecule has 4 atom stereocenters. The first-order valence-electron chi connectivity index (χ1n) is 8.62. The topological polar surface area (TPSA) is 122 Å². The minimum absolute atomic E-state index is 0.101. The molecule has 2 amide bonds. The fraction of sp³-hybridized carbons (Fsp3) is 0.812. The lowest BCUT2D eigenvalue weighted by atomic mass is 9.86. The summed E-state index contributed by atoms with van der Waals surface area (Å²) in [5, 5.41) is 15.5. The highest BCUT2D eigenvalue weighted by Crippen LogP contribution is 2.33. The van der Waals surface area contributed by atoms with Gasteiger partial charge >= 0.3 is 12.0 Å². The molecule has 0 bridgehead atoms. The summed E-state index contributed by atoms with van der Waals surface area (Å²) >= 11 is 1.84. The molecule has 0 unspecified atom stereocenters. The van der Waals surface area contributed by atoms with E-state index in [4.69, 9.17) is 5.73 Å². The first kappa shape index (κ1) is 19.1. The SMILES string of the molecule is CCCC[C@](N)(C(=O)O)C(=O)CCCC[C@@H]1SC[C@@H]2NC(=O)N[C@@H]21. The highest BCUT2D eigenvalue weighted by Gasteiger charge is 2.43. The second-order valence-electron chi connectivity index (χ2n) is 6.67. The van der Waals surface area contributed by atoms with Crippen molar-refractivity contribution in [1.82, 2.24) is 10.6 Å². The van der Waals surface area contributed by atoms with Gasteiger partial charge in [0.05, 0.1) is 12.1 Å². The number of carboxylic acids is 1. The number of nitrogens with two attached hydrogens (primary N) is 1. The standard InChI is InChI=1S/C16H27N3O4S/c1-2-3-8-16(17,14(21)22)12(20)7-5-4-6-11-13-10(9-24-11)18-15(23)19-13/h10-11,13H,2-9,17H2,1H3,(H,21,22)(H2,18,19,23)/t10-,11-,13-,16+/m0/s1. The number of unbranched alkanes of at least 4 members (excludes halogenated alkanes) is 2. The van der Waals surface area contributed by atoms with Gasteiger partial charge in [-0.3, -0.25) is 4.79 Å². The van der Waals surface area contributed by atoms with E-state index in [0.29, 0.717) is 18.1 Å². The van der Waals surface area contributed by atoms with Crippen LogP contribution < -0.4 is 16.4 Å². The van der Waals surface area contributed by atoms with Gasteiger partial charge in [0.1, 0.15) is 0 Å². The van der Waals surface area contributed by atoms with Gasteiger partial charge in [-0.1, -0.05) is 26.2 Å². The predicted octanol–water partition coefficient (Wildman–Crippen LogP) is 1.25. The molecule has 0 saturated carbocycles. The fourth-order valence-corrected chi connectivity index (χ4v) is 4.86. The van der Waals surface area contributed by atoms with Crippen LogP contribution in [0.5, 0.6) is 0 Å². The Morgan fingerprint density at radius 1 is 1.33 bits per heavy atom. The number of carbonyl (C=O) groups is 3. The second kappa shape index (κ2) is 8.20. The molecule has 2 aliphatic rings. The number of thioether (sulfide) groups is 1. The molecule has 2 heterocycles. The summed E-state index contributed by atoms with van der Waals surface area (Å²) in [5.74, 6) is -0.694. The molecule has 0 aromatic heterocycles. The first-order valence-corrected chi connectivity index (χ1v) is 9.67. The van der Waals surface area contributed by atoms with Crippen molar-refractivity contribution < 1.29 is 19.5 Å². The second-order valence-corrected chi connectivity index (χ2v) is 7.94. The van der Waals surface area contributed by atoms with Crippen LogP contribution in [0, 0.1) is 0 Å². The van der Waals surface area contributed by atoms with Gasteiger partial charge in [-0.25, -0.2) is 9.59 Å². The van der Waals surface area contributed by atoms with Gasteiger partial charge < -0.3 is 21.5 Å². The number of urea groups is 1.